The Morgan fingerprint density at radius 2 is 1.75 bits per heavy atom. The zero-order valence-electron chi connectivity index (χ0n) is 17.1. The third-order valence-corrected chi connectivity index (χ3v) is 5.57. The number of methoxy groups -OCH3 is 1. The number of rotatable bonds is 4. The van der Waals surface area contributed by atoms with Gasteiger partial charge in [0.2, 0.25) is 6.29 Å². The predicted molar refractivity (Wildman–Crippen MR) is 109 cm³/mol. The van der Waals surface area contributed by atoms with Crippen LogP contribution in [0.5, 0.6) is 23.0 Å². The highest BCUT2D eigenvalue weighted by Gasteiger charge is 2.45. The third-order valence-electron chi connectivity index (χ3n) is 5.57. The summed E-state index contributed by atoms with van der Waals surface area (Å²) in [6.07, 6.45) is -7.71. The van der Waals surface area contributed by atoms with Crippen LogP contribution in [0.15, 0.2) is 27.4 Å². The fraction of sp³-hybridized carbons (Fsp3) is 0.381. The Kier molecular flexibility index (Phi) is 5.61. The number of phenolic OH excluding ortho intramolecular Hbond substituents is 2. The zero-order valence-corrected chi connectivity index (χ0v) is 17.1. The second-order valence-corrected chi connectivity index (χ2v) is 7.50. The summed E-state index contributed by atoms with van der Waals surface area (Å²) in [7, 11) is 1.39. The van der Waals surface area contributed by atoms with E-state index in [4.69, 9.17) is 18.6 Å². The molecule has 0 amide bonds. The molecule has 3 aromatic rings. The van der Waals surface area contributed by atoms with Gasteiger partial charge in [0.1, 0.15) is 46.9 Å². The molecule has 0 radical (unpaired) electrons. The van der Waals surface area contributed by atoms with Crippen LogP contribution < -0.4 is 15.1 Å². The molecular weight excluding hydrogens is 428 g/mol. The topological polar surface area (TPSA) is 179 Å². The summed E-state index contributed by atoms with van der Waals surface area (Å²) in [6, 6.07) is 3.96. The molecule has 1 fully saturated rings. The standard InChI is InChI=1S/C21H22O11/c1-7-14-9-3-8(29-2)4-10(23)15(9)20(28)30-11(14)5-12(16(7)24)31-21-19(27)18(26)17(25)13(6-22)32-21/h3-5,13,17-19,21-27H,6H2,1-2H3/t13-,17-,18+,19-,21-/m1/s1. The summed E-state index contributed by atoms with van der Waals surface area (Å²) in [5.74, 6) is -0.696. The minimum Gasteiger partial charge on any atom is -0.507 e. The van der Waals surface area contributed by atoms with Crippen molar-refractivity contribution >= 4 is 21.7 Å². The van der Waals surface area contributed by atoms with Crippen molar-refractivity contribution in [2.24, 2.45) is 0 Å². The van der Waals surface area contributed by atoms with E-state index in [2.05, 4.69) is 0 Å². The van der Waals surface area contributed by atoms with Gasteiger partial charge in [-0.15, -0.1) is 0 Å². The van der Waals surface area contributed by atoms with Crippen molar-refractivity contribution in [1.29, 1.82) is 0 Å². The molecule has 0 unspecified atom stereocenters. The van der Waals surface area contributed by atoms with Crippen LogP contribution in [0.25, 0.3) is 21.7 Å². The Morgan fingerprint density at radius 3 is 2.41 bits per heavy atom. The van der Waals surface area contributed by atoms with E-state index in [0.29, 0.717) is 5.39 Å². The summed E-state index contributed by atoms with van der Waals surface area (Å²) in [6.45, 7) is 0.869. The van der Waals surface area contributed by atoms with E-state index >= 15 is 0 Å². The molecule has 1 saturated heterocycles. The number of hydrogen-bond donors (Lipinski definition) is 6. The van der Waals surface area contributed by atoms with Crippen LogP contribution in [0.3, 0.4) is 0 Å². The van der Waals surface area contributed by atoms with Crippen molar-refractivity contribution in [3.8, 4) is 23.0 Å². The second-order valence-electron chi connectivity index (χ2n) is 7.50. The molecule has 2 aromatic carbocycles. The molecule has 1 aromatic heterocycles. The largest absolute Gasteiger partial charge is 0.507 e. The second kappa shape index (κ2) is 8.11. The van der Waals surface area contributed by atoms with Crippen LogP contribution in [0.1, 0.15) is 5.56 Å². The minimum absolute atomic E-state index is 0.00467. The molecule has 1 aliphatic rings. The molecule has 0 spiro atoms. The van der Waals surface area contributed by atoms with E-state index in [0.717, 1.165) is 0 Å². The lowest BCUT2D eigenvalue weighted by atomic mass is 9.99. The molecule has 32 heavy (non-hydrogen) atoms. The van der Waals surface area contributed by atoms with Gasteiger partial charge in [-0.2, -0.15) is 0 Å². The number of ether oxygens (including phenoxy) is 3. The van der Waals surface area contributed by atoms with E-state index in [1.54, 1.807) is 0 Å². The van der Waals surface area contributed by atoms with Crippen LogP contribution in [0, 0.1) is 6.92 Å². The minimum atomic E-state index is -1.70. The quantitative estimate of drug-likeness (QED) is 0.230. The van der Waals surface area contributed by atoms with Crippen molar-refractivity contribution in [1.82, 2.24) is 0 Å². The summed E-state index contributed by atoms with van der Waals surface area (Å²) in [5, 5.41) is 60.8. The first kappa shape index (κ1) is 22.1. The van der Waals surface area contributed by atoms with Gasteiger partial charge < -0.3 is 49.3 Å². The fourth-order valence-electron chi connectivity index (χ4n) is 3.82. The lowest BCUT2D eigenvalue weighted by molar-refractivity contribution is -0.277. The molecule has 0 saturated carbocycles. The summed E-state index contributed by atoms with van der Waals surface area (Å²) < 4.78 is 21.3. The lowest BCUT2D eigenvalue weighted by Crippen LogP contribution is -2.60. The van der Waals surface area contributed by atoms with Gasteiger partial charge in [-0.1, -0.05) is 0 Å². The first-order valence-electron chi connectivity index (χ1n) is 9.65. The number of aliphatic hydroxyl groups is 4. The maximum absolute atomic E-state index is 12.5. The molecule has 2 heterocycles. The Hall–Kier alpha value is -3.09. The Balaban J connectivity index is 1.85. The highest BCUT2D eigenvalue weighted by molar-refractivity contribution is 6.09. The van der Waals surface area contributed by atoms with E-state index in [9.17, 15) is 35.4 Å². The number of hydrogen-bond acceptors (Lipinski definition) is 11. The molecule has 11 heteroatoms. The SMILES string of the molecule is COc1cc(O)c2c(=O)oc3cc(O[C@@H]4O[C@H](CO)[C@@H](O)[C@H](O)[C@H]4O)c(O)c(C)c3c2c1. The van der Waals surface area contributed by atoms with Crippen LogP contribution in [0.2, 0.25) is 0 Å². The zero-order chi connectivity index (χ0) is 23.3. The van der Waals surface area contributed by atoms with E-state index in [1.807, 2.05) is 0 Å². The maximum atomic E-state index is 12.5. The smallest absolute Gasteiger partial charge is 0.347 e. The first-order valence-corrected chi connectivity index (χ1v) is 9.65. The Morgan fingerprint density at radius 1 is 1.03 bits per heavy atom. The number of aromatic hydroxyl groups is 2. The Labute approximate surface area is 180 Å². The van der Waals surface area contributed by atoms with E-state index < -0.39 is 42.9 Å². The normalized spacial score (nSPS) is 25.9. The maximum Gasteiger partial charge on any atom is 0.347 e. The summed E-state index contributed by atoms with van der Waals surface area (Å²) >= 11 is 0. The van der Waals surface area contributed by atoms with Gasteiger partial charge in [-0.05, 0) is 13.0 Å². The van der Waals surface area contributed by atoms with Crippen LogP contribution >= 0.6 is 0 Å². The predicted octanol–water partition coefficient (Wildman–Crippen LogP) is -0.147. The fourth-order valence-corrected chi connectivity index (χ4v) is 3.82. The van der Waals surface area contributed by atoms with Crippen molar-refractivity contribution < 1.29 is 49.3 Å². The highest BCUT2D eigenvalue weighted by Crippen LogP contribution is 2.42. The molecular formula is C21H22O11. The van der Waals surface area contributed by atoms with Gasteiger partial charge in [0.15, 0.2) is 11.5 Å². The molecule has 0 aliphatic carbocycles. The molecule has 1 aliphatic heterocycles. The van der Waals surface area contributed by atoms with E-state index in [1.165, 1.54) is 32.2 Å². The van der Waals surface area contributed by atoms with E-state index in [-0.39, 0.29) is 44.9 Å². The Bertz CT molecular complexity index is 1230. The highest BCUT2D eigenvalue weighted by atomic mass is 16.7. The first-order chi connectivity index (χ1) is 15.2. The van der Waals surface area contributed by atoms with Gasteiger partial charge in [-0.25, -0.2) is 4.79 Å². The van der Waals surface area contributed by atoms with Crippen LogP contribution in [-0.4, -0.2) is 75.1 Å². The third kappa shape index (κ3) is 3.40. The van der Waals surface area contributed by atoms with Crippen molar-refractivity contribution in [3.63, 3.8) is 0 Å². The molecule has 172 valence electrons. The van der Waals surface area contributed by atoms with Gasteiger partial charge >= 0.3 is 5.63 Å². The van der Waals surface area contributed by atoms with Gasteiger partial charge in [-0.3, -0.25) is 0 Å². The van der Waals surface area contributed by atoms with Crippen LogP contribution in [-0.2, 0) is 4.74 Å². The lowest BCUT2D eigenvalue weighted by Gasteiger charge is -2.39. The average molecular weight is 450 g/mol. The van der Waals surface area contributed by atoms with Gasteiger partial charge in [0.25, 0.3) is 0 Å². The number of fused-ring (bicyclic) bond motifs is 3. The number of benzene rings is 2. The molecule has 5 atom stereocenters. The number of aryl methyl sites for hydroxylation is 1. The number of aliphatic hydroxyl groups excluding tert-OH is 4. The summed E-state index contributed by atoms with van der Waals surface area (Å²) in [4.78, 5) is 12.5. The number of phenols is 2. The van der Waals surface area contributed by atoms with Crippen molar-refractivity contribution in [2.75, 3.05) is 13.7 Å². The average Bonchev–Trinajstić information content (AvgIpc) is 2.76. The van der Waals surface area contributed by atoms with Crippen molar-refractivity contribution in [3.05, 3.63) is 34.2 Å². The molecule has 11 nitrogen and oxygen atoms in total. The molecule has 6 N–H and O–H groups in total. The van der Waals surface area contributed by atoms with Crippen molar-refractivity contribution in [2.45, 2.75) is 37.6 Å². The monoisotopic (exact) mass is 450 g/mol. The molecule has 4 rings (SSSR count). The van der Waals surface area contributed by atoms with Gasteiger partial charge in [0.05, 0.1) is 13.7 Å². The van der Waals surface area contributed by atoms with Gasteiger partial charge in [0, 0.05) is 28.5 Å². The molecule has 0 bridgehead atoms. The summed E-state index contributed by atoms with van der Waals surface area (Å²) in [5.41, 5.74) is -0.606. The van der Waals surface area contributed by atoms with Crippen LogP contribution in [0.4, 0.5) is 0 Å².